The number of hydrogen-bond donors (Lipinski definition) is 0. The van der Waals surface area contributed by atoms with Crippen LogP contribution in [0.4, 0.5) is 5.69 Å². The summed E-state index contributed by atoms with van der Waals surface area (Å²) < 4.78 is 0. The normalized spacial score (nSPS) is 9.93. The van der Waals surface area contributed by atoms with Crippen LogP contribution in [0.5, 0.6) is 0 Å². The second kappa shape index (κ2) is 5.46. The number of hydrogen-bond acceptors (Lipinski definition) is 3. The highest BCUT2D eigenvalue weighted by Crippen LogP contribution is 2.25. The van der Waals surface area contributed by atoms with E-state index in [2.05, 4.69) is 0 Å². The third kappa shape index (κ3) is 3.32. The minimum absolute atomic E-state index is 0.0872. The molecular weight excluding hydrogens is 218 g/mol. The Balaban J connectivity index is 2.73. The minimum atomic E-state index is -0.516. The second-order valence-corrected chi connectivity index (χ2v) is 3.51. The van der Waals surface area contributed by atoms with Crippen molar-refractivity contribution in [3.8, 4) is 0 Å². The summed E-state index contributed by atoms with van der Waals surface area (Å²) in [4.78, 5) is 20.0. The van der Waals surface area contributed by atoms with Gasteiger partial charge in [-0.2, -0.15) is 0 Å². The lowest BCUT2D eigenvalue weighted by atomic mass is 10.1. The maximum absolute atomic E-state index is 10.5. The Kier molecular flexibility index (Phi) is 4.24. The zero-order chi connectivity index (χ0) is 11.3. The molecule has 0 aliphatic heterocycles. The molecule has 0 aromatic heterocycles. The van der Waals surface area contributed by atoms with Crippen molar-refractivity contribution in [1.82, 2.24) is 0 Å². The van der Waals surface area contributed by atoms with Crippen molar-refractivity contribution in [3.05, 3.63) is 38.9 Å². The topological polar surface area (TPSA) is 60.2 Å². The number of nitro benzene ring substituents is 1. The molecule has 0 fully saturated rings. The fourth-order valence-corrected chi connectivity index (χ4v) is 1.52. The van der Waals surface area contributed by atoms with E-state index in [9.17, 15) is 14.9 Å². The molecule has 0 N–H and O–H groups in total. The fraction of sp³-hybridized carbons (Fsp3) is 0.300. The van der Waals surface area contributed by atoms with E-state index in [0.29, 0.717) is 12.8 Å². The largest absolute Gasteiger partial charge is 0.303 e. The second-order valence-electron chi connectivity index (χ2n) is 3.10. The van der Waals surface area contributed by atoms with Gasteiger partial charge in [0, 0.05) is 12.5 Å². The Hall–Kier alpha value is -1.42. The van der Waals surface area contributed by atoms with Crippen molar-refractivity contribution in [2.75, 3.05) is 0 Å². The van der Waals surface area contributed by atoms with E-state index in [0.717, 1.165) is 18.3 Å². The van der Waals surface area contributed by atoms with Crippen LogP contribution in [0.15, 0.2) is 18.2 Å². The lowest BCUT2D eigenvalue weighted by molar-refractivity contribution is -0.384. The average Bonchev–Trinajstić information content (AvgIpc) is 2.17. The summed E-state index contributed by atoms with van der Waals surface area (Å²) in [6.45, 7) is 0. The highest BCUT2D eigenvalue weighted by molar-refractivity contribution is 6.32. The highest BCUT2D eigenvalue weighted by atomic mass is 35.5. The fourth-order valence-electron chi connectivity index (χ4n) is 1.24. The predicted octanol–water partition coefficient (Wildman–Crippen LogP) is 2.77. The molecule has 0 saturated heterocycles. The Morgan fingerprint density at radius 3 is 2.73 bits per heavy atom. The van der Waals surface area contributed by atoms with E-state index >= 15 is 0 Å². The van der Waals surface area contributed by atoms with Gasteiger partial charge in [-0.3, -0.25) is 10.1 Å². The van der Waals surface area contributed by atoms with E-state index in [4.69, 9.17) is 11.6 Å². The maximum atomic E-state index is 10.5. The summed E-state index contributed by atoms with van der Waals surface area (Å²) in [7, 11) is 0. The molecule has 0 spiro atoms. The smallest absolute Gasteiger partial charge is 0.287 e. The molecule has 0 unspecified atom stereocenters. The van der Waals surface area contributed by atoms with Crippen LogP contribution >= 0.6 is 11.6 Å². The maximum Gasteiger partial charge on any atom is 0.287 e. The standard InChI is InChI=1S/C10H10ClNO3/c11-9-7-8(3-1-2-6-13)4-5-10(9)12(14)15/h4-7H,1-3H2. The minimum Gasteiger partial charge on any atom is -0.303 e. The van der Waals surface area contributed by atoms with Gasteiger partial charge in [-0.1, -0.05) is 17.7 Å². The number of aryl methyl sites for hydroxylation is 1. The van der Waals surface area contributed by atoms with Crippen LogP contribution < -0.4 is 0 Å². The molecule has 0 bridgehead atoms. The number of nitro groups is 1. The van der Waals surface area contributed by atoms with Crippen molar-refractivity contribution >= 4 is 23.6 Å². The molecule has 0 radical (unpaired) electrons. The molecule has 5 heteroatoms. The van der Waals surface area contributed by atoms with Crippen molar-refractivity contribution in [2.45, 2.75) is 19.3 Å². The molecule has 80 valence electrons. The van der Waals surface area contributed by atoms with E-state index in [1.54, 1.807) is 12.1 Å². The van der Waals surface area contributed by atoms with Gasteiger partial charge in [0.15, 0.2) is 0 Å². The van der Waals surface area contributed by atoms with Gasteiger partial charge >= 0.3 is 0 Å². The molecule has 15 heavy (non-hydrogen) atoms. The summed E-state index contributed by atoms with van der Waals surface area (Å²) in [5, 5.41) is 10.6. The molecule has 0 atom stereocenters. The van der Waals surface area contributed by atoms with Crippen LogP contribution in [-0.4, -0.2) is 11.2 Å². The quantitative estimate of drug-likeness (QED) is 0.336. The van der Waals surface area contributed by atoms with Gasteiger partial charge in [-0.25, -0.2) is 0 Å². The Labute approximate surface area is 92.0 Å². The molecule has 1 rings (SSSR count). The molecule has 0 aliphatic rings. The van der Waals surface area contributed by atoms with E-state index in [-0.39, 0.29) is 10.7 Å². The van der Waals surface area contributed by atoms with Crippen LogP contribution in [0.1, 0.15) is 18.4 Å². The van der Waals surface area contributed by atoms with Crippen LogP contribution in [-0.2, 0) is 11.2 Å². The Morgan fingerprint density at radius 2 is 2.20 bits per heavy atom. The van der Waals surface area contributed by atoms with Gasteiger partial charge in [0.05, 0.1) is 4.92 Å². The van der Waals surface area contributed by atoms with Crippen LogP contribution in [0, 0.1) is 10.1 Å². The summed E-state index contributed by atoms with van der Waals surface area (Å²) in [6, 6.07) is 4.62. The van der Waals surface area contributed by atoms with Crippen molar-refractivity contribution in [2.24, 2.45) is 0 Å². The van der Waals surface area contributed by atoms with Crippen LogP contribution in [0.25, 0.3) is 0 Å². The molecule has 4 nitrogen and oxygen atoms in total. The van der Waals surface area contributed by atoms with Gasteiger partial charge in [-0.05, 0) is 24.5 Å². The van der Waals surface area contributed by atoms with Gasteiger partial charge in [0.25, 0.3) is 5.69 Å². The first-order valence-electron chi connectivity index (χ1n) is 4.51. The van der Waals surface area contributed by atoms with E-state index in [1.165, 1.54) is 6.07 Å². The monoisotopic (exact) mass is 227 g/mol. The first kappa shape index (κ1) is 11.7. The summed E-state index contributed by atoms with van der Waals surface area (Å²) in [5.41, 5.74) is 0.822. The molecule has 0 saturated carbocycles. The first-order chi connectivity index (χ1) is 7.15. The Bertz CT molecular complexity index is 379. The van der Waals surface area contributed by atoms with Gasteiger partial charge < -0.3 is 4.79 Å². The number of carbonyl (C=O) groups is 1. The summed E-state index contributed by atoms with van der Waals surface area (Å²) in [5.74, 6) is 0. The number of benzene rings is 1. The molecule has 0 heterocycles. The number of nitrogens with zero attached hydrogens (tertiary/aromatic N) is 1. The lowest BCUT2D eigenvalue weighted by Crippen LogP contribution is -1.91. The van der Waals surface area contributed by atoms with Gasteiger partial charge in [-0.15, -0.1) is 0 Å². The van der Waals surface area contributed by atoms with E-state index < -0.39 is 4.92 Å². The molecule has 0 aliphatic carbocycles. The third-order valence-electron chi connectivity index (χ3n) is 2.00. The number of carbonyl (C=O) groups excluding carboxylic acids is 1. The lowest BCUT2D eigenvalue weighted by Gasteiger charge is -2.00. The zero-order valence-electron chi connectivity index (χ0n) is 7.98. The number of halogens is 1. The molecular formula is C10H10ClNO3. The van der Waals surface area contributed by atoms with Crippen LogP contribution in [0.2, 0.25) is 5.02 Å². The summed E-state index contributed by atoms with van der Waals surface area (Å²) >= 11 is 5.73. The van der Waals surface area contributed by atoms with Crippen molar-refractivity contribution in [3.63, 3.8) is 0 Å². The third-order valence-corrected chi connectivity index (χ3v) is 2.30. The van der Waals surface area contributed by atoms with Crippen molar-refractivity contribution < 1.29 is 9.72 Å². The van der Waals surface area contributed by atoms with Crippen molar-refractivity contribution in [1.29, 1.82) is 0 Å². The zero-order valence-corrected chi connectivity index (χ0v) is 8.74. The number of unbranched alkanes of at least 4 members (excludes halogenated alkanes) is 1. The van der Waals surface area contributed by atoms with Gasteiger partial charge in [0.2, 0.25) is 0 Å². The molecule has 1 aromatic carbocycles. The first-order valence-corrected chi connectivity index (χ1v) is 4.89. The molecule has 1 aromatic rings. The highest BCUT2D eigenvalue weighted by Gasteiger charge is 2.11. The van der Waals surface area contributed by atoms with E-state index in [1.807, 2.05) is 0 Å². The predicted molar refractivity (Wildman–Crippen MR) is 57.1 cm³/mol. The molecule has 0 amide bonds. The average molecular weight is 228 g/mol. The van der Waals surface area contributed by atoms with Gasteiger partial charge in [0.1, 0.15) is 11.3 Å². The SMILES string of the molecule is O=CCCCc1ccc([N+](=O)[O-])c(Cl)c1. The number of aldehydes is 1. The number of rotatable bonds is 5. The Morgan fingerprint density at radius 1 is 1.47 bits per heavy atom. The summed E-state index contributed by atoms with van der Waals surface area (Å²) in [6.07, 6.45) is 2.79. The van der Waals surface area contributed by atoms with Crippen LogP contribution in [0.3, 0.4) is 0 Å².